The van der Waals surface area contributed by atoms with Crippen molar-refractivity contribution >= 4 is 5.78 Å². The SMILES string of the molecule is CC1CN(CC(=O)c2ccc(C(C)C)cc2)CC(C)(C)O1. The first kappa shape index (κ1) is 16.2. The van der Waals surface area contributed by atoms with Crippen molar-refractivity contribution in [2.45, 2.75) is 52.2 Å². The molecule has 0 radical (unpaired) electrons. The summed E-state index contributed by atoms with van der Waals surface area (Å²) < 4.78 is 5.88. The first-order valence-electron chi connectivity index (χ1n) is 7.80. The smallest absolute Gasteiger partial charge is 0.176 e. The minimum Gasteiger partial charge on any atom is -0.370 e. The molecule has 1 heterocycles. The highest BCUT2D eigenvalue weighted by molar-refractivity contribution is 5.97. The van der Waals surface area contributed by atoms with Crippen LogP contribution >= 0.6 is 0 Å². The molecule has 3 heteroatoms. The van der Waals surface area contributed by atoms with Crippen molar-refractivity contribution in [1.29, 1.82) is 0 Å². The van der Waals surface area contributed by atoms with Crippen LogP contribution in [-0.4, -0.2) is 42.0 Å². The third-order valence-corrected chi connectivity index (χ3v) is 3.91. The summed E-state index contributed by atoms with van der Waals surface area (Å²) in [7, 11) is 0. The Labute approximate surface area is 128 Å². The van der Waals surface area contributed by atoms with Gasteiger partial charge in [0.05, 0.1) is 18.2 Å². The van der Waals surface area contributed by atoms with Crippen molar-refractivity contribution < 1.29 is 9.53 Å². The summed E-state index contributed by atoms with van der Waals surface area (Å²) in [6, 6.07) is 8.02. The van der Waals surface area contributed by atoms with Gasteiger partial charge in [0.25, 0.3) is 0 Å². The molecule has 3 nitrogen and oxygen atoms in total. The zero-order valence-electron chi connectivity index (χ0n) is 13.8. The van der Waals surface area contributed by atoms with E-state index >= 15 is 0 Å². The molecule has 21 heavy (non-hydrogen) atoms. The Balaban J connectivity index is 2.00. The summed E-state index contributed by atoms with van der Waals surface area (Å²) in [6.45, 7) is 12.6. The first-order chi connectivity index (χ1) is 9.77. The molecular weight excluding hydrogens is 262 g/mol. The van der Waals surface area contributed by atoms with Gasteiger partial charge in [0.1, 0.15) is 0 Å². The van der Waals surface area contributed by atoms with Gasteiger partial charge in [-0.1, -0.05) is 38.1 Å². The zero-order chi connectivity index (χ0) is 15.6. The third-order valence-electron chi connectivity index (χ3n) is 3.91. The van der Waals surface area contributed by atoms with Gasteiger partial charge in [-0.05, 0) is 32.3 Å². The Hall–Kier alpha value is -1.19. The van der Waals surface area contributed by atoms with E-state index in [0.29, 0.717) is 12.5 Å². The van der Waals surface area contributed by atoms with E-state index in [1.54, 1.807) is 0 Å². The van der Waals surface area contributed by atoms with E-state index < -0.39 is 0 Å². The molecule has 0 amide bonds. The lowest BCUT2D eigenvalue weighted by molar-refractivity contribution is -0.126. The van der Waals surface area contributed by atoms with Gasteiger partial charge >= 0.3 is 0 Å². The predicted octanol–water partition coefficient (Wildman–Crippen LogP) is 3.49. The Bertz CT molecular complexity index is 490. The molecule has 116 valence electrons. The molecule has 0 aliphatic carbocycles. The molecule has 1 aliphatic heterocycles. The molecule has 0 N–H and O–H groups in total. The van der Waals surface area contributed by atoms with Gasteiger partial charge in [0.15, 0.2) is 5.78 Å². The lowest BCUT2D eigenvalue weighted by Gasteiger charge is -2.41. The summed E-state index contributed by atoms with van der Waals surface area (Å²) >= 11 is 0. The molecule has 0 saturated carbocycles. The molecule has 1 aromatic carbocycles. The van der Waals surface area contributed by atoms with Crippen LogP contribution in [0.15, 0.2) is 24.3 Å². The Morgan fingerprint density at radius 2 is 1.95 bits per heavy atom. The number of ether oxygens (including phenoxy) is 1. The van der Waals surface area contributed by atoms with Crippen molar-refractivity contribution in [2.24, 2.45) is 0 Å². The lowest BCUT2D eigenvalue weighted by atomic mass is 10.00. The number of benzene rings is 1. The average molecular weight is 289 g/mol. The maximum atomic E-state index is 12.4. The molecule has 1 unspecified atom stereocenters. The predicted molar refractivity (Wildman–Crippen MR) is 85.9 cm³/mol. The number of Topliss-reactive ketones (excluding diaryl/α,β-unsaturated/α-hetero) is 1. The molecule has 1 fully saturated rings. The molecule has 0 spiro atoms. The van der Waals surface area contributed by atoms with Gasteiger partial charge in [-0.2, -0.15) is 0 Å². The van der Waals surface area contributed by atoms with E-state index in [9.17, 15) is 4.79 Å². The lowest BCUT2D eigenvalue weighted by Crippen LogP contribution is -2.53. The monoisotopic (exact) mass is 289 g/mol. The Morgan fingerprint density at radius 3 is 2.48 bits per heavy atom. The van der Waals surface area contributed by atoms with Crippen LogP contribution in [0.4, 0.5) is 0 Å². The van der Waals surface area contributed by atoms with Crippen LogP contribution in [0.2, 0.25) is 0 Å². The fourth-order valence-electron chi connectivity index (χ4n) is 3.05. The number of rotatable bonds is 4. The van der Waals surface area contributed by atoms with E-state index in [1.807, 2.05) is 12.1 Å². The number of carbonyl (C=O) groups is 1. The van der Waals surface area contributed by atoms with Crippen molar-refractivity contribution in [3.8, 4) is 0 Å². The van der Waals surface area contributed by atoms with Crippen molar-refractivity contribution in [3.05, 3.63) is 35.4 Å². The maximum Gasteiger partial charge on any atom is 0.176 e. The van der Waals surface area contributed by atoms with E-state index in [4.69, 9.17) is 4.74 Å². The van der Waals surface area contributed by atoms with E-state index in [0.717, 1.165) is 18.7 Å². The van der Waals surface area contributed by atoms with E-state index in [-0.39, 0.29) is 17.5 Å². The molecule has 0 bridgehead atoms. The first-order valence-corrected chi connectivity index (χ1v) is 7.80. The third kappa shape index (κ3) is 4.39. The summed E-state index contributed by atoms with van der Waals surface area (Å²) in [5, 5.41) is 0. The Kier molecular flexibility index (Phi) is 4.84. The van der Waals surface area contributed by atoms with Crippen LogP contribution < -0.4 is 0 Å². The second kappa shape index (κ2) is 6.29. The molecule has 2 rings (SSSR count). The van der Waals surface area contributed by atoms with E-state index in [2.05, 4.69) is 51.7 Å². The largest absolute Gasteiger partial charge is 0.370 e. The highest BCUT2D eigenvalue weighted by Gasteiger charge is 2.32. The number of nitrogens with zero attached hydrogens (tertiary/aromatic N) is 1. The van der Waals surface area contributed by atoms with Crippen molar-refractivity contribution in [1.82, 2.24) is 4.90 Å². The highest BCUT2D eigenvalue weighted by atomic mass is 16.5. The highest BCUT2D eigenvalue weighted by Crippen LogP contribution is 2.21. The zero-order valence-corrected chi connectivity index (χ0v) is 13.8. The van der Waals surface area contributed by atoms with Crippen LogP contribution in [0.5, 0.6) is 0 Å². The quantitative estimate of drug-likeness (QED) is 0.795. The van der Waals surface area contributed by atoms with Crippen LogP contribution in [0.1, 0.15) is 56.5 Å². The summed E-state index contributed by atoms with van der Waals surface area (Å²) in [6.07, 6.45) is 0.171. The number of ketones is 1. The van der Waals surface area contributed by atoms with E-state index in [1.165, 1.54) is 5.56 Å². The Morgan fingerprint density at radius 1 is 1.33 bits per heavy atom. The molecule has 1 atom stereocenters. The van der Waals surface area contributed by atoms with Crippen LogP contribution in [-0.2, 0) is 4.74 Å². The minimum absolute atomic E-state index is 0.171. The molecular formula is C18H27NO2. The fourth-order valence-corrected chi connectivity index (χ4v) is 3.05. The molecule has 1 saturated heterocycles. The molecule has 1 aliphatic rings. The number of hydrogen-bond donors (Lipinski definition) is 0. The second-order valence-electron chi connectivity index (χ2n) is 7.06. The normalized spacial score (nSPS) is 22.5. The summed E-state index contributed by atoms with van der Waals surface area (Å²) in [4.78, 5) is 14.6. The minimum atomic E-state index is -0.181. The topological polar surface area (TPSA) is 29.5 Å². The van der Waals surface area contributed by atoms with Gasteiger partial charge < -0.3 is 4.74 Å². The summed E-state index contributed by atoms with van der Waals surface area (Å²) in [5.74, 6) is 0.685. The van der Waals surface area contributed by atoms with Crippen molar-refractivity contribution in [3.63, 3.8) is 0 Å². The maximum absolute atomic E-state index is 12.4. The van der Waals surface area contributed by atoms with Gasteiger partial charge in [0.2, 0.25) is 0 Å². The molecule has 1 aromatic rings. The van der Waals surface area contributed by atoms with Crippen molar-refractivity contribution in [2.75, 3.05) is 19.6 Å². The van der Waals surface area contributed by atoms with Gasteiger partial charge in [-0.25, -0.2) is 0 Å². The fraction of sp³-hybridized carbons (Fsp3) is 0.611. The van der Waals surface area contributed by atoms with Crippen LogP contribution in [0, 0.1) is 0 Å². The van der Waals surface area contributed by atoms with Gasteiger partial charge in [-0.15, -0.1) is 0 Å². The van der Waals surface area contributed by atoms with Crippen LogP contribution in [0.3, 0.4) is 0 Å². The second-order valence-corrected chi connectivity index (χ2v) is 7.06. The summed E-state index contributed by atoms with van der Waals surface area (Å²) in [5.41, 5.74) is 1.89. The average Bonchev–Trinajstić information content (AvgIpc) is 2.36. The standard InChI is InChI=1S/C18H27NO2/c1-13(2)15-6-8-16(9-7-15)17(20)11-19-10-14(3)21-18(4,5)12-19/h6-9,13-14H,10-12H2,1-5H3. The van der Waals surface area contributed by atoms with Gasteiger partial charge in [0, 0.05) is 18.7 Å². The number of carbonyl (C=O) groups excluding carboxylic acids is 1. The molecule has 0 aromatic heterocycles. The number of morpholine rings is 1. The van der Waals surface area contributed by atoms with Crippen LogP contribution in [0.25, 0.3) is 0 Å². The van der Waals surface area contributed by atoms with Gasteiger partial charge in [-0.3, -0.25) is 9.69 Å². The number of hydrogen-bond acceptors (Lipinski definition) is 3.